The summed E-state index contributed by atoms with van der Waals surface area (Å²) in [6, 6.07) is 8.10. The van der Waals surface area contributed by atoms with Crippen molar-refractivity contribution < 1.29 is 5.11 Å². The first kappa shape index (κ1) is 23.7. The van der Waals surface area contributed by atoms with E-state index >= 15 is 0 Å². The first-order chi connectivity index (χ1) is 14.3. The van der Waals surface area contributed by atoms with E-state index in [1.807, 2.05) is 12.1 Å². The highest BCUT2D eigenvalue weighted by molar-refractivity contribution is 5.85. The summed E-state index contributed by atoms with van der Waals surface area (Å²) in [5.74, 6) is 0.360. The van der Waals surface area contributed by atoms with Crippen LogP contribution in [-0.2, 0) is 6.54 Å². The van der Waals surface area contributed by atoms with E-state index in [-0.39, 0.29) is 0 Å². The van der Waals surface area contributed by atoms with E-state index in [0.717, 1.165) is 36.1 Å². The predicted octanol–water partition coefficient (Wildman–Crippen LogP) is 7.46. The molecule has 0 radical (unpaired) electrons. The number of rotatable bonds is 16. The minimum atomic E-state index is 0.360. The van der Waals surface area contributed by atoms with Crippen molar-refractivity contribution in [2.24, 2.45) is 0 Å². The van der Waals surface area contributed by atoms with Gasteiger partial charge in [0.1, 0.15) is 11.3 Å². The molecule has 2 rings (SSSR count). The van der Waals surface area contributed by atoms with Gasteiger partial charge in [0.05, 0.1) is 0 Å². The maximum atomic E-state index is 10.7. The molecule has 0 aliphatic heterocycles. The summed E-state index contributed by atoms with van der Waals surface area (Å²) in [4.78, 5) is 6.93. The molecule has 0 amide bonds. The second-order valence-corrected chi connectivity index (χ2v) is 8.46. The van der Waals surface area contributed by atoms with E-state index in [1.54, 1.807) is 6.20 Å². The van der Waals surface area contributed by atoms with E-state index in [0.29, 0.717) is 5.75 Å². The molecule has 1 N–H and O–H groups in total. The lowest BCUT2D eigenvalue weighted by molar-refractivity contribution is 0.249. The van der Waals surface area contributed by atoms with Crippen LogP contribution in [0.25, 0.3) is 10.9 Å². The summed E-state index contributed by atoms with van der Waals surface area (Å²) in [6.07, 6.45) is 17.7. The molecule has 29 heavy (non-hydrogen) atoms. The van der Waals surface area contributed by atoms with Gasteiger partial charge < -0.3 is 5.11 Å². The van der Waals surface area contributed by atoms with Crippen LogP contribution in [0.5, 0.6) is 5.75 Å². The SMILES string of the molecule is CCCCCCCCN(CCCCCCCC)Cc1ccc2cccnc2c1O. The molecule has 0 saturated heterocycles. The van der Waals surface area contributed by atoms with Crippen molar-refractivity contribution in [2.45, 2.75) is 97.4 Å². The Hall–Kier alpha value is -1.61. The van der Waals surface area contributed by atoms with Gasteiger partial charge in [0.25, 0.3) is 0 Å². The fourth-order valence-electron chi connectivity index (χ4n) is 4.04. The number of phenolic OH excluding ortho intramolecular Hbond substituents is 1. The number of unbranched alkanes of at least 4 members (excludes halogenated alkanes) is 10. The molecule has 0 bridgehead atoms. The molecule has 0 unspecified atom stereocenters. The molecule has 0 atom stereocenters. The van der Waals surface area contributed by atoms with E-state index in [1.165, 1.54) is 77.0 Å². The maximum Gasteiger partial charge on any atom is 0.146 e. The number of nitrogens with zero attached hydrogens (tertiary/aromatic N) is 2. The Morgan fingerprint density at radius 1 is 0.759 bits per heavy atom. The Balaban J connectivity index is 1.90. The predicted molar refractivity (Wildman–Crippen MR) is 125 cm³/mol. The molecule has 2 aromatic rings. The first-order valence-electron chi connectivity index (χ1n) is 12.0. The van der Waals surface area contributed by atoms with Crippen LogP contribution in [0.2, 0.25) is 0 Å². The largest absolute Gasteiger partial charge is 0.505 e. The van der Waals surface area contributed by atoms with Crippen LogP contribution in [0.15, 0.2) is 30.5 Å². The zero-order chi connectivity index (χ0) is 20.7. The maximum absolute atomic E-state index is 10.7. The monoisotopic (exact) mass is 398 g/mol. The summed E-state index contributed by atoms with van der Waals surface area (Å²) in [5, 5.41) is 11.8. The highest BCUT2D eigenvalue weighted by Gasteiger charge is 2.12. The Morgan fingerprint density at radius 3 is 1.97 bits per heavy atom. The second kappa shape index (κ2) is 14.4. The highest BCUT2D eigenvalue weighted by Crippen LogP contribution is 2.28. The average Bonchev–Trinajstić information content (AvgIpc) is 2.74. The van der Waals surface area contributed by atoms with Crippen LogP contribution < -0.4 is 0 Å². The lowest BCUT2D eigenvalue weighted by Crippen LogP contribution is -2.25. The Morgan fingerprint density at radius 2 is 1.34 bits per heavy atom. The Kier molecular flexibility index (Phi) is 11.7. The van der Waals surface area contributed by atoms with Gasteiger partial charge in [-0.2, -0.15) is 0 Å². The van der Waals surface area contributed by atoms with Gasteiger partial charge in [0.2, 0.25) is 0 Å². The summed E-state index contributed by atoms with van der Waals surface area (Å²) >= 11 is 0. The number of aromatic hydroxyl groups is 1. The summed E-state index contributed by atoms with van der Waals surface area (Å²) in [5.41, 5.74) is 1.73. The molecule has 0 aliphatic carbocycles. The number of hydrogen-bond donors (Lipinski definition) is 1. The van der Waals surface area contributed by atoms with Crippen molar-refractivity contribution >= 4 is 10.9 Å². The van der Waals surface area contributed by atoms with Crippen molar-refractivity contribution in [3.63, 3.8) is 0 Å². The molecule has 3 nitrogen and oxygen atoms in total. The molecule has 0 spiro atoms. The highest BCUT2D eigenvalue weighted by atomic mass is 16.3. The lowest BCUT2D eigenvalue weighted by atomic mass is 10.1. The molecule has 1 heterocycles. The minimum absolute atomic E-state index is 0.360. The zero-order valence-corrected chi connectivity index (χ0v) is 18.8. The standard InChI is InChI=1S/C26H42N2O/c1-3-5-7-9-11-13-20-28(21-14-12-10-8-6-4-2)22-24-18-17-23-16-15-19-27-25(23)26(24)29/h15-19,29H,3-14,20-22H2,1-2H3. The normalized spacial score (nSPS) is 11.6. The molecular weight excluding hydrogens is 356 g/mol. The molecule has 0 aliphatic rings. The summed E-state index contributed by atoms with van der Waals surface area (Å²) in [7, 11) is 0. The molecule has 0 saturated carbocycles. The zero-order valence-electron chi connectivity index (χ0n) is 18.8. The van der Waals surface area contributed by atoms with E-state index in [9.17, 15) is 5.11 Å². The summed E-state index contributed by atoms with van der Waals surface area (Å²) in [6.45, 7) is 7.62. The van der Waals surface area contributed by atoms with E-state index in [4.69, 9.17) is 0 Å². The van der Waals surface area contributed by atoms with Gasteiger partial charge >= 0.3 is 0 Å². The van der Waals surface area contributed by atoms with Gasteiger partial charge in [-0.25, -0.2) is 0 Å². The van der Waals surface area contributed by atoms with Crippen LogP contribution in [0.4, 0.5) is 0 Å². The van der Waals surface area contributed by atoms with Crippen molar-refractivity contribution in [3.8, 4) is 5.75 Å². The number of fused-ring (bicyclic) bond motifs is 1. The van der Waals surface area contributed by atoms with Gasteiger partial charge in [0.15, 0.2) is 0 Å². The molecule has 1 aromatic heterocycles. The fourth-order valence-corrected chi connectivity index (χ4v) is 4.04. The number of aromatic nitrogens is 1. The molecule has 162 valence electrons. The van der Waals surface area contributed by atoms with Crippen LogP contribution in [0.1, 0.15) is 96.5 Å². The van der Waals surface area contributed by atoms with Gasteiger partial charge in [0, 0.05) is 23.7 Å². The molecule has 1 aromatic carbocycles. The van der Waals surface area contributed by atoms with E-state index < -0.39 is 0 Å². The average molecular weight is 399 g/mol. The van der Waals surface area contributed by atoms with Crippen molar-refractivity contribution in [2.75, 3.05) is 13.1 Å². The number of pyridine rings is 1. The number of phenols is 1. The van der Waals surface area contributed by atoms with Crippen molar-refractivity contribution in [1.29, 1.82) is 0 Å². The van der Waals surface area contributed by atoms with Crippen LogP contribution in [0, 0.1) is 0 Å². The van der Waals surface area contributed by atoms with Crippen LogP contribution in [-0.4, -0.2) is 28.1 Å². The minimum Gasteiger partial charge on any atom is -0.505 e. The number of hydrogen-bond acceptors (Lipinski definition) is 3. The molecule has 3 heteroatoms. The van der Waals surface area contributed by atoms with Gasteiger partial charge in [-0.15, -0.1) is 0 Å². The second-order valence-electron chi connectivity index (χ2n) is 8.46. The molecular formula is C26H42N2O. The van der Waals surface area contributed by atoms with Crippen molar-refractivity contribution in [3.05, 3.63) is 36.0 Å². The molecule has 0 fully saturated rings. The smallest absolute Gasteiger partial charge is 0.146 e. The quantitative estimate of drug-likeness (QED) is 0.298. The third-order valence-electron chi connectivity index (χ3n) is 5.88. The topological polar surface area (TPSA) is 36.4 Å². The van der Waals surface area contributed by atoms with Crippen LogP contribution in [0.3, 0.4) is 0 Å². The van der Waals surface area contributed by atoms with E-state index in [2.05, 4.69) is 35.9 Å². The number of benzene rings is 1. The third-order valence-corrected chi connectivity index (χ3v) is 5.88. The lowest BCUT2D eigenvalue weighted by Gasteiger charge is -2.23. The van der Waals surface area contributed by atoms with Crippen LogP contribution >= 0.6 is 0 Å². The Bertz CT molecular complexity index is 669. The van der Waals surface area contributed by atoms with Gasteiger partial charge in [-0.1, -0.05) is 96.3 Å². The fraction of sp³-hybridized carbons (Fsp3) is 0.654. The third kappa shape index (κ3) is 8.74. The van der Waals surface area contributed by atoms with Crippen molar-refractivity contribution in [1.82, 2.24) is 9.88 Å². The summed E-state index contributed by atoms with van der Waals surface area (Å²) < 4.78 is 0. The Labute approximate surface area is 178 Å². The van der Waals surface area contributed by atoms with Gasteiger partial charge in [-0.3, -0.25) is 9.88 Å². The first-order valence-corrected chi connectivity index (χ1v) is 12.0. The van der Waals surface area contributed by atoms with Gasteiger partial charge in [-0.05, 0) is 32.0 Å².